The smallest absolute Gasteiger partial charge is 0.409 e. The van der Waals surface area contributed by atoms with Crippen molar-refractivity contribution < 1.29 is 23.1 Å². The SMILES string of the molecule is CCOC(=O)N1CCN(CC(=O)N2CCCC(c3ccc(F)cc3)c3ccc(F)cc32)CC1. The molecule has 2 aromatic carbocycles. The molecule has 2 aliphatic rings. The molecule has 1 unspecified atom stereocenters. The van der Waals surface area contributed by atoms with Crippen molar-refractivity contribution in [1.82, 2.24) is 9.80 Å². The zero-order valence-corrected chi connectivity index (χ0v) is 18.8. The molecule has 0 aromatic heterocycles. The zero-order valence-electron chi connectivity index (χ0n) is 18.8. The topological polar surface area (TPSA) is 53.1 Å². The number of hydrogen-bond donors (Lipinski definition) is 0. The lowest BCUT2D eigenvalue weighted by Gasteiger charge is -2.35. The van der Waals surface area contributed by atoms with Gasteiger partial charge >= 0.3 is 6.09 Å². The van der Waals surface area contributed by atoms with Crippen molar-refractivity contribution in [3.8, 4) is 0 Å². The van der Waals surface area contributed by atoms with E-state index >= 15 is 0 Å². The zero-order chi connectivity index (χ0) is 23.4. The minimum absolute atomic E-state index is 0.0351. The number of carbonyl (C=O) groups is 2. The second-order valence-corrected chi connectivity index (χ2v) is 8.46. The van der Waals surface area contributed by atoms with Gasteiger partial charge in [0.05, 0.1) is 18.8 Å². The fourth-order valence-electron chi connectivity index (χ4n) is 4.66. The average Bonchev–Trinajstić information content (AvgIpc) is 2.99. The van der Waals surface area contributed by atoms with Crippen LogP contribution in [0.4, 0.5) is 19.3 Å². The van der Waals surface area contributed by atoms with Crippen LogP contribution in [0.15, 0.2) is 42.5 Å². The Labute approximate surface area is 192 Å². The molecule has 33 heavy (non-hydrogen) atoms. The first kappa shape index (κ1) is 23.2. The van der Waals surface area contributed by atoms with E-state index in [1.807, 2.05) is 4.90 Å². The van der Waals surface area contributed by atoms with Crippen LogP contribution in [-0.4, -0.2) is 67.7 Å². The molecule has 6 nitrogen and oxygen atoms in total. The third-order valence-electron chi connectivity index (χ3n) is 6.36. The molecule has 2 heterocycles. The Morgan fingerprint density at radius 3 is 2.36 bits per heavy atom. The van der Waals surface area contributed by atoms with Crippen molar-refractivity contribution in [2.45, 2.75) is 25.7 Å². The Balaban J connectivity index is 1.50. The van der Waals surface area contributed by atoms with Gasteiger partial charge in [-0.25, -0.2) is 13.6 Å². The van der Waals surface area contributed by atoms with E-state index in [1.165, 1.54) is 24.3 Å². The molecule has 0 radical (unpaired) electrons. The number of nitrogens with zero attached hydrogens (tertiary/aromatic N) is 3. The molecule has 0 spiro atoms. The van der Waals surface area contributed by atoms with Crippen molar-refractivity contribution in [3.05, 3.63) is 65.2 Å². The van der Waals surface area contributed by atoms with E-state index in [4.69, 9.17) is 4.74 Å². The van der Waals surface area contributed by atoms with Gasteiger partial charge in [-0.15, -0.1) is 0 Å². The van der Waals surface area contributed by atoms with Gasteiger partial charge in [-0.1, -0.05) is 18.2 Å². The molecule has 2 aromatic rings. The van der Waals surface area contributed by atoms with Crippen molar-refractivity contribution >= 4 is 17.7 Å². The Bertz CT molecular complexity index is 991. The number of piperazine rings is 1. The second-order valence-electron chi connectivity index (χ2n) is 8.46. The minimum atomic E-state index is -0.394. The van der Waals surface area contributed by atoms with Gasteiger partial charge in [0.1, 0.15) is 11.6 Å². The lowest BCUT2D eigenvalue weighted by Crippen LogP contribution is -2.51. The van der Waals surface area contributed by atoms with Crippen LogP contribution in [0.1, 0.15) is 36.8 Å². The van der Waals surface area contributed by atoms with E-state index in [-0.39, 0.29) is 30.3 Å². The minimum Gasteiger partial charge on any atom is -0.450 e. The first-order chi connectivity index (χ1) is 16.0. The summed E-state index contributed by atoms with van der Waals surface area (Å²) in [5.74, 6) is -0.820. The molecule has 0 N–H and O–H groups in total. The largest absolute Gasteiger partial charge is 0.450 e. The highest BCUT2D eigenvalue weighted by molar-refractivity contribution is 5.96. The molecule has 1 fully saturated rings. The molecule has 2 aliphatic heterocycles. The molecule has 0 bridgehead atoms. The summed E-state index contributed by atoms with van der Waals surface area (Å²) < 4.78 is 32.7. The number of benzene rings is 2. The molecule has 0 aliphatic carbocycles. The van der Waals surface area contributed by atoms with Crippen LogP contribution in [0, 0.1) is 11.6 Å². The van der Waals surface area contributed by atoms with Gasteiger partial charge < -0.3 is 14.5 Å². The van der Waals surface area contributed by atoms with Gasteiger partial charge in [0.2, 0.25) is 5.91 Å². The Morgan fingerprint density at radius 2 is 1.67 bits per heavy atom. The summed E-state index contributed by atoms with van der Waals surface area (Å²) in [5.41, 5.74) is 2.41. The van der Waals surface area contributed by atoms with Crippen LogP contribution < -0.4 is 4.90 Å². The molecule has 2 amide bonds. The number of anilines is 1. The van der Waals surface area contributed by atoms with Crippen LogP contribution >= 0.6 is 0 Å². The summed E-state index contributed by atoms with van der Waals surface area (Å²) in [6.45, 7) is 4.97. The molecular weight excluding hydrogens is 428 g/mol. The van der Waals surface area contributed by atoms with Crippen molar-refractivity contribution in [2.24, 2.45) is 0 Å². The summed E-state index contributed by atoms with van der Waals surface area (Å²) in [6.07, 6.45) is 1.21. The van der Waals surface area contributed by atoms with Crippen molar-refractivity contribution in [2.75, 3.05) is 50.8 Å². The average molecular weight is 458 g/mol. The highest BCUT2D eigenvalue weighted by Crippen LogP contribution is 2.39. The molecular formula is C25H29F2N3O3. The third-order valence-corrected chi connectivity index (χ3v) is 6.36. The summed E-state index contributed by atoms with van der Waals surface area (Å²) in [6, 6.07) is 11.0. The van der Waals surface area contributed by atoms with Gasteiger partial charge in [-0.05, 0) is 55.2 Å². The van der Waals surface area contributed by atoms with E-state index in [1.54, 1.807) is 34.9 Å². The van der Waals surface area contributed by atoms with E-state index < -0.39 is 5.82 Å². The number of ether oxygens (including phenoxy) is 1. The van der Waals surface area contributed by atoms with Crippen LogP contribution in [0.2, 0.25) is 0 Å². The number of carbonyl (C=O) groups excluding carboxylic acids is 2. The van der Waals surface area contributed by atoms with Gasteiger partial charge in [-0.2, -0.15) is 0 Å². The fraction of sp³-hybridized carbons (Fsp3) is 0.440. The second kappa shape index (κ2) is 10.3. The van der Waals surface area contributed by atoms with Gasteiger partial charge in [-0.3, -0.25) is 9.69 Å². The standard InChI is InChI=1S/C25H29F2N3O3/c1-2-33-25(32)29-14-12-28(13-15-29)17-24(31)30-11-3-4-21(18-5-7-19(26)8-6-18)22-10-9-20(27)16-23(22)30/h5-10,16,21H,2-4,11-15,17H2,1H3. The maximum Gasteiger partial charge on any atom is 0.409 e. The molecule has 8 heteroatoms. The maximum absolute atomic E-state index is 14.2. The van der Waals surface area contributed by atoms with Crippen molar-refractivity contribution in [1.29, 1.82) is 0 Å². The number of hydrogen-bond acceptors (Lipinski definition) is 4. The quantitative estimate of drug-likeness (QED) is 0.697. The highest BCUT2D eigenvalue weighted by atomic mass is 19.1. The number of amides is 2. The first-order valence-corrected chi connectivity index (χ1v) is 11.5. The predicted molar refractivity (Wildman–Crippen MR) is 121 cm³/mol. The van der Waals surface area contributed by atoms with E-state index in [0.29, 0.717) is 45.0 Å². The van der Waals surface area contributed by atoms with Gasteiger partial charge in [0.25, 0.3) is 0 Å². The molecule has 0 saturated carbocycles. The lowest BCUT2D eigenvalue weighted by atomic mass is 9.87. The predicted octanol–water partition coefficient (Wildman–Crippen LogP) is 4.00. The molecule has 176 valence electrons. The van der Waals surface area contributed by atoms with E-state index in [2.05, 4.69) is 0 Å². The number of fused-ring (bicyclic) bond motifs is 1. The van der Waals surface area contributed by atoms with Crippen LogP contribution in [0.3, 0.4) is 0 Å². The third kappa shape index (κ3) is 5.33. The highest BCUT2D eigenvalue weighted by Gasteiger charge is 2.30. The first-order valence-electron chi connectivity index (χ1n) is 11.5. The van der Waals surface area contributed by atoms with Crippen LogP contribution in [0.5, 0.6) is 0 Å². The summed E-state index contributed by atoms with van der Waals surface area (Å²) in [4.78, 5) is 30.5. The number of rotatable bonds is 4. The summed E-state index contributed by atoms with van der Waals surface area (Å²) in [7, 11) is 0. The summed E-state index contributed by atoms with van der Waals surface area (Å²) in [5, 5.41) is 0. The van der Waals surface area contributed by atoms with Gasteiger partial charge in [0.15, 0.2) is 0 Å². The van der Waals surface area contributed by atoms with Crippen LogP contribution in [-0.2, 0) is 9.53 Å². The lowest BCUT2D eigenvalue weighted by molar-refractivity contribution is -0.120. The Morgan fingerprint density at radius 1 is 0.970 bits per heavy atom. The fourth-order valence-corrected chi connectivity index (χ4v) is 4.66. The Hall–Kier alpha value is -3.00. The van der Waals surface area contributed by atoms with Crippen molar-refractivity contribution in [3.63, 3.8) is 0 Å². The molecule has 1 saturated heterocycles. The van der Waals surface area contributed by atoms with Gasteiger partial charge in [0, 0.05) is 38.6 Å². The normalized spacial score (nSPS) is 19.1. The Kier molecular flexibility index (Phi) is 7.23. The maximum atomic E-state index is 14.2. The van der Waals surface area contributed by atoms with E-state index in [0.717, 1.165) is 24.0 Å². The number of halogens is 2. The monoisotopic (exact) mass is 457 g/mol. The van der Waals surface area contributed by atoms with E-state index in [9.17, 15) is 18.4 Å². The van der Waals surface area contributed by atoms with Crippen LogP contribution in [0.25, 0.3) is 0 Å². The molecule has 1 atom stereocenters. The summed E-state index contributed by atoms with van der Waals surface area (Å²) >= 11 is 0. The molecule has 4 rings (SSSR count).